The molecule has 0 bridgehead atoms. The fourth-order valence-electron chi connectivity index (χ4n) is 3.69. The van der Waals surface area contributed by atoms with Crippen molar-refractivity contribution in [3.8, 4) is 17.3 Å². The van der Waals surface area contributed by atoms with E-state index in [2.05, 4.69) is 5.32 Å². The largest absolute Gasteiger partial charge is 0.417 e. The summed E-state index contributed by atoms with van der Waals surface area (Å²) in [5.74, 6) is -0.389. The number of hydrogen-bond acceptors (Lipinski definition) is 3. The Kier molecular flexibility index (Phi) is 6.51. The fourth-order valence-corrected chi connectivity index (χ4v) is 3.69. The van der Waals surface area contributed by atoms with E-state index in [-0.39, 0.29) is 23.7 Å². The second-order valence-electron chi connectivity index (χ2n) is 7.71. The van der Waals surface area contributed by atoms with E-state index in [1.54, 1.807) is 78.9 Å². The lowest BCUT2D eigenvalue weighted by Gasteiger charge is -2.18. The van der Waals surface area contributed by atoms with Gasteiger partial charge in [0.05, 0.1) is 17.8 Å². The standard InChI is InChI=1S/C27H18F3N3O2/c28-27(29,30)23-15-24(33(26(35)22(23)16-31)17-18-8-3-1-4-9-18)20-12-7-13-21(14-20)32-25(34)19-10-5-2-6-11-19/h1-15H,17H2,(H,32,34). The third-order valence-corrected chi connectivity index (χ3v) is 5.35. The molecule has 0 spiro atoms. The van der Waals surface area contributed by atoms with Gasteiger partial charge in [-0.25, -0.2) is 0 Å². The summed E-state index contributed by atoms with van der Waals surface area (Å²) in [5, 5.41) is 12.1. The average molecular weight is 473 g/mol. The minimum Gasteiger partial charge on any atom is -0.322 e. The van der Waals surface area contributed by atoms with Crippen molar-refractivity contribution in [2.45, 2.75) is 12.7 Å². The lowest BCUT2D eigenvalue weighted by Crippen LogP contribution is -2.28. The molecule has 0 fully saturated rings. The molecule has 5 nitrogen and oxygen atoms in total. The predicted octanol–water partition coefficient (Wildman–Crippen LogP) is 5.71. The third kappa shape index (κ3) is 5.14. The molecule has 4 rings (SSSR count). The number of rotatable bonds is 5. The minimum atomic E-state index is -4.90. The van der Waals surface area contributed by atoms with Gasteiger partial charge in [0.25, 0.3) is 11.5 Å². The molecule has 0 aliphatic rings. The third-order valence-electron chi connectivity index (χ3n) is 5.35. The van der Waals surface area contributed by atoms with E-state index in [1.807, 2.05) is 0 Å². The maximum atomic E-state index is 13.8. The second kappa shape index (κ2) is 9.69. The van der Waals surface area contributed by atoms with Gasteiger partial charge in [-0.15, -0.1) is 0 Å². The highest BCUT2D eigenvalue weighted by molar-refractivity contribution is 6.04. The van der Waals surface area contributed by atoms with Gasteiger partial charge >= 0.3 is 6.18 Å². The molecule has 3 aromatic carbocycles. The van der Waals surface area contributed by atoms with Gasteiger partial charge in [0.1, 0.15) is 11.6 Å². The summed E-state index contributed by atoms with van der Waals surface area (Å²) in [4.78, 5) is 25.6. The van der Waals surface area contributed by atoms with E-state index in [4.69, 9.17) is 0 Å². The summed E-state index contributed by atoms with van der Waals surface area (Å²) in [6.45, 7) is -0.0393. The maximum Gasteiger partial charge on any atom is 0.417 e. The summed E-state index contributed by atoms with van der Waals surface area (Å²) >= 11 is 0. The Balaban J connectivity index is 1.84. The molecule has 174 valence electrons. The van der Waals surface area contributed by atoms with Crippen molar-refractivity contribution >= 4 is 11.6 Å². The molecule has 35 heavy (non-hydrogen) atoms. The number of aromatic nitrogens is 1. The average Bonchev–Trinajstić information content (AvgIpc) is 2.85. The van der Waals surface area contributed by atoms with Gasteiger partial charge in [-0.2, -0.15) is 18.4 Å². The highest BCUT2D eigenvalue weighted by Gasteiger charge is 2.36. The van der Waals surface area contributed by atoms with E-state index in [0.717, 1.165) is 10.6 Å². The van der Waals surface area contributed by atoms with Crippen LogP contribution in [0, 0.1) is 11.3 Å². The molecular formula is C27H18F3N3O2. The molecule has 0 saturated carbocycles. The number of amides is 1. The number of nitrogens with zero attached hydrogens (tertiary/aromatic N) is 2. The zero-order valence-corrected chi connectivity index (χ0v) is 18.2. The Morgan fingerprint density at radius 1 is 0.914 bits per heavy atom. The van der Waals surface area contributed by atoms with Crippen LogP contribution in [-0.2, 0) is 12.7 Å². The van der Waals surface area contributed by atoms with Crippen LogP contribution in [0.25, 0.3) is 11.3 Å². The van der Waals surface area contributed by atoms with Crippen molar-refractivity contribution in [2.24, 2.45) is 0 Å². The van der Waals surface area contributed by atoms with Crippen molar-refractivity contribution in [1.29, 1.82) is 5.26 Å². The van der Waals surface area contributed by atoms with Crippen molar-refractivity contribution in [3.63, 3.8) is 0 Å². The van der Waals surface area contributed by atoms with Gasteiger partial charge in [0.15, 0.2) is 0 Å². The number of hydrogen-bond donors (Lipinski definition) is 1. The molecule has 4 aromatic rings. The fraction of sp³-hybridized carbons (Fsp3) is 0.0741. The number of nitriles is 1. The lowest BCUT2D eigenvalue weighted by atomic mass is 10.0. The van der Waals surface area contributed by atoms with Crippen LogP contribution in [0.4, 0.5) is 18.9 Å². The van der Waals surface area contributed by atoms with Crippen LogP contribution in [0.1, 0.15) is 27.0 Å². The first kappa shape index (κ1) is 23.5. The zero-order chi connectivity index (χ0) is 25.0. The summed E-state index contributed by atoms with van der Waals surface area (Å²) in [6.07, 6.45) is -4.90. The SMILES string of the molecule is N#Cc1c(C(F)(F)F)cc(-c2cccc(NC(=O)c3ccccc3)c2)n(Cc2ccccc2)c1=O. The van der Waals surface area contributed by atoms with Gasteiger partial charge in [0, 0.05) is 16.8 Å². The molecule has 0 unspecified atom stereocenters. The van der Waals surface area contributed by atoms with Crippen molar-refractivity contribution < 1.29 is 18.0 Å². The van der Waals surface area contributed by atoms with Gasteiger partial charge < -0.3 is 9.88 Å². The molecule has 1 N–H and O–H groups in total. The number of carbonyl (C=O) groups is 1. The summed E-state index contributed by atoms with van der Waals surface area (Å²) in [7, 11) is 0. The van der Waals surface area contributed by atoms with E-state index >= 15 is 0 Å². The molecule has 1 aromatic heterocycles. The number of alkyl halides is 3. The first-order chi connectivity index (χ1) is 16.8. The van der Waals surface area contributed by atoms with Gasteiger partial charge in [-0.1, -0.05) is 60.7 Å². The van der Waals surface area contributed by atoms with Crippen LogP contribution in [0.5, 0.6) is 0 Å². The molecule has 0 radical (unpaired) electrons. The van der Waals surface area contributed by atoms with E-state index in [0.29, 0.717) is 16.8 Å². The Labute approximate surface area is 198 Å². The number of halogens is 3. The Bertz CT molecular complexity index is 1470. The molecule has 0 aliphatic heterocycles. The highest BCUT2D eigenvalue weighted by atomic mass is 19.4. The molecule has 8 heteroatoms. The number of pyridine rings is 1. The molecule has 1 amide bonds. The van der Waals surface area contributed by atoms with Crippen molar-refractivity contribution in [1.82, 2.24) is 4.57 Å². The first-order valence-corrected chi connectivity index (χ1v) is 10.5. The van der Waals surface area contributed by atoms with Crippen LogP contribution in [-0.4, -0.2) is 10.5 Å². The second-order valence-corrected chi connectivity index (χ2v) is 7.71. The van der Waals surface area contributed by atoms with Crippen LogP contribution >= 0.6 is 0 Å². The van der Waals surface area contributed by atoms with Gasteiger partial charge in [-0.3, -0.25) is 9.59 Å². The summed E-state index contributed by atoms with van der Waals surface area (Å²) in [5.41, 5.74) is -1.63. The van der Waals surface area contributed by atoms with Crippen LogP contribution in [0.3, 0.4) is 0 Å². The number of benzene rings is 3. The summed E-state index contributed by atoms with van der Waals surface area (Å²) < 4.78 is 42.4. The van der Waals surface area contributed by atoms with Crippen molar-refractivity contribution in [2.75, 3.05) is 5.32 Å². The predicted molar refractivity (Wildman–Crippen MR) is 126 cm³/mol. The number of anilines is 1. The van der Waals surface area contributed by atoms with Gasteiger partial charge in [-0.05, 0) is 35.9 Å². The Hall–Kier alpha value is -4.64. The van der Waals surface area contributed by atoms with Crippen LogP contribution in [0.2, 0.25) is 0 Å². The quantitative estimate of drug-likeness (QED) is 0.404. The monoisotopic (exact) mass is 473 g/mol. The van der Waals surface area contributed by atoms with Crippen LogP contribution in [0.15, 0.2) is 95.8 Å². The minimum absolute atomic E-state index is 0.0269. The first-order valence-electron chi connectivity index (χ1n) is 10.5. The van der Waals surface area contributed by atoms with E-state index in [9.17, 15) is 28.0 Å². The Morgan fingerprint density at radius 3 is 2.20 bits per heavy atom. The van der Waals surface area contributed by atoms with Crippen molar-refractivity contribution in [3.05, 3.63) is 124 Å². The molecule has 0 saturated heterocycles. The Morgan fingerprint density at radius 2 is 1.57 bits per heavy atom. The number of carbonyl (C=O) groups excluding carboxylic acids is 1. The van der Waals surface area contributed by atoms with E-state index < -0.39 is 22.9 Å². The maximum absolute atomic E-state index is 13.8. The number of nitrogens with one attached hydrogen (secondary N) is 1. The topological polar surface area (TPSA) is 74.9 Å². The van der Waals surface area contributed by atoms with Crippen LogP contribution < -0.4 is 10.9 Å². The molecular weight excluding hydrogens is 455 g/mol. The zero-order valence-electron chi connectivity index (χ0n) is 18.2. The lowest BCUT2D eigenvalue weighted by molar-refractivity contribution is -0.137. The molecule has 1 heterocycles. The van der Waals surface area contributed by atoms with E-state index in [1.165, 1.54) is 12.1 Å². The molecule has 0 atom stereocenters. The van der Waals surface area contributed by atoms with Gasteiger partial charge in [0.2, 0.25) is 0 Å². The smallest absolute Gasteiger partial charge is 0.322 e. The summed E-state index contributed by atoms with van der Waals surface area (Å²) in [6, 6.07) is 25.6. The highest BCUT2D eigenvalue weighted by Crippen LogP contribution is 2.34. The molecule has 0 aliphatic carbocycles. The normalized spacial score (nSPS) is 11.0.